The topological polar surface area (TPSA) is 76.0 Å². The number of nitrogens with one attached hydrogen (secondary N) is 2. The number of imidazole rings is 1. The summed E-state index contributed by atoms with van der Waals surface area (Å²) in [6, 6.07) is -0.385. The van der Waals surface area contributed by atoms with Gasteiger partial charge in [0.1, 0.15) is 11.9 Å². The molecule has 3 rings (SSSR count). The lowest BCUT2D eigenvalue weighted by molar-refractivity contribution is -0.132. The Hall–Kier alpha value is -1.85. The van der Waals surface area contributed by atoms with E-state index < -0.39 is 0 Å². The number of piperidine rings is 1. The Morgan fingerprint density at radius 3 is 3.24 bits per heavy atom. The standard InChI is InChI=1S/C15H22N4O2/c1-10-7-12(18-13(20)8-10)15(21)17-9-11-3-2-5-19-6-4-16-14(11)19/h4,6,10-12H,2-3,5,7-9H2,1H3,(H,17,21)(H,18,20)/t10-,11?,12-/m0/s1. The van der Waals surface area contributed by atoms with E-state index in [-0.39, 0.29) is 29.7 Å². The highest BCUT2D eigenvalue weighted by molar-refractivity contribution is 5.88. The Bertz CT molecular complexity index is 540. The SMILES string of the molecule is C[C@@H]1CC(=O)N[C@H](C(=O)NCC2CCCn3ccnc32)C1. The molecule has 2 N–H and O–H groups in total. The van der Waals surface area contributed by atoms with Crippen LogP contribution in [0.3, 0.4) is 0 Å². The third-order valence-electron chi connectivity index (χ3n) is 4.41. The van der Waals surface area contributed by atoms with E-state index in [1.807, 2.05) is 19.3 Å². The average Bonchev–Trinajstić information content (AvgIpc) is 2.92. The number of carbonyl (C=O) groups excluding carboxylic acids is 2. The van der Waals surface area contributed by atoms with Crippen LogP contribution in [0.4, 0.5) is 0 Å². The van der Waals surface area contributed by atoms with Crippen molar-refractivity contribution in [3.63, 3.8) is 0 Å². The summed E-state index contributed by atoms with van der Waals surface area (Å²) in [7, 11) is 0. The van der Waals surface area contributed by atoms with Gasteiger partial charge in [-0.05, 0) is 25.2 Å². The first-order chi connectivity index (χ1) is 10.1. The average molecular weight is 290 g/mol. The zero-order valence-electron chi connectivity index (χ0n) is 12.3. The van der Waals surface area contributed by atoms with Crippen molar-refractivity contribution < 1.29 is 9.59 Å². The van der Waals surface area contributed by atoms with Crippen molar-refractivity contribution >= 4 is 11.8 Å². The van der Waals surface area contributed by atoms with Gasteiger partial charge in [0.25, 0.3) is 0 Å². The maximum Gasteiger partial charge on any atom is 0.242 e. The molecular formula is C15H22N4O2. The fourth-order valence-corrected chi connectivity index (χ4v) is 3.33. The predicted molar refractivity (Wildman–Crippen MR) is 77.5 cm³/mol. The molecule has 0 aliphatic carbocycles. The van der Waals surface area contributed by atoms with Gasteiger partial charge in [-0.3, -0.25) is 9.59 Å². The Labute approximate surface area is 124 Å². The largest absolute Gasteiger partial charge is 0.354 e. The molecule has 0 radical (unpaired) electrons. The first kappa shape index (κ1) is 14.1. The molecule has 0 aromatic carbocycles. The van der Waals surface area contributed by atoms with E-state index in [1.54, 1.807) is 0 Å². The maximum absolute atomic E-state index is 12.2. The summed E-state index contributed by atoms with van der Waals surface area (Å²) in [5, 5.41) is 5.76. The summed E-state index contributed by atoms with van der Waals surface area (Å²) >= 11 is 0. The summed E-state index contributed by atoms with van der Waals surface area (Å²) in [5.74, 6) is 1.50. The molecule has 2 aliphatic rings. The van der Waals surface area contributed by atoms with Crippen molar-refractivity contribution in [1.82, 2.24) is 20.2 Å². The molecule has 1 unspecified atom stereocenters. The zero-order chi connectivity index (χ0) is 14.8. The van der Waals surface area contributed by atoms with Gasteiger partial charge in [-0.15, -0.1) is 0 Å². The van der Waals surface area contributed by atoms with Gasteiger partial charge in [-0.25, -0.2) is 4.98 Å². The summed E-state index contributed by atoms with van der Waals surface area (Å²) in [6.07, 6.45) is 7.21. The van der Waals surface area contributed by atoms with Crippen molar-refractivity contribution in [2.75, 3.05) is 6.54 Å². The highest BCUT2D eigenvalue weighted by Gasteiger charge is 2.29. The first-order valence-electron chi connectivity index (χ1n) is 7.71. The highest BCUT2D eigenvalue weighted by Crippen LogP contribution is 2.25. The van der Waals surface area contributed by atoms with Crippen molar-refractivity contribution in [3.05, 3.63) is 18.2 Å². The van der Waals surface area contributed by atoms with Crippen LogP contribution in [0.1, 0.15) is 44.3 Å². The van der Waals surface area contributed by atoms with E-state index in [2.05, 4.69) is 20.2 Å². The van der Waals surface area contributed by atoms with Gasteiger partial charge in [0.05, 0.1) is 0 Å². The van der Waals surface area contributed by atoms with Gasteiger partial charge in [0.15, 0.2) is 0 Å². The number of carbonyl (C=O) groups is 2. The number of amides is 2. The van der Waals surface area contributed by atoms with Crippen LogP contribution in [-0.2, 0) is 16.1 Å². The molecule has 1 fully saturated rings. The number of aromatic nitrogens is 2. The second kappa shape index (κ2) is 5.87. The summed E-state index contributed by atoms with van der Waals surface area (Å²) in [4.78, 5) is 28.1. The molecule has 114 valence electrons. The minimum atomic E-state index is -0.385. The normalized spacial score (nSPS) is 28.6. The molecule has 6 heteroatoms. The fourth-order valence-electron chi connectivity index (χ4n) is 3.33. The van der Waals surface area contributed by atoms with Gasteiger partial charge in [0.2, 0.25) is 11.8 Å². The van der Waals surface area contributed by atoms with Crippen LogP contribution < -0.4 is 10.6 Å². The van der Waals surface area contributed by atoms with Crippen LogP contribution in [-0.4, -0.2) is 34.0 Å². The molecule has 0 spiro atoms. The lowest BCUT2D eigenvalue weighted by Gasteiger charge is -2.28. The number of hydrogen-bond acceptors (Lipinski definition) is 3. The van der Waals surface area contributed by atoms with Crippen LogP contribution in [0, 0.1) is 5.92 Å². The monoisotopic (exact) mass is 290 g/mol. The Balaban J connectivity index is 1.56. The Kier molecular flexibility index (Phi) is 3.94. The second-order valence-electron chi connectivity index (χ2n) is 6.23. The summed E-state index contributed by atoms with van der Waals surface area (Å²) in [5.41, 5.74) is 0. The number of hydrogen-bond donors (Lipinski definition) is 2. The molecule has 0 saturated carbocycles. The number of aryl methyl sites for hydroxylation is 1. The number of nitrogens with zero attached hydrogens (tertiary/aromatic N) is 2. The minimum Gasteiger partial charge on any atom is -0.354 e. The van der Waals surface area contributed by atoms with E-state index >= 15 is 0 Å². The molecule has 1 saturated heterocycles. The predicted octanol–water partition coefficient (Wildman–Crippen LogP) is 0.791. The van der Waals surface area contributed by atoms with E-state index in [1.165, 1.54) is 0 Å². The molecule has 3 heterocycles. The molecule has 2 amide bonds. The minimum absolute atomic E-state index is 0.0258. The lowest BCUT2D eigenvalue weighted by atomic mass is 9.93. The lowest BCUT2D eigenvalue weighted by Crippen LogP contribution is -2.51. The van der Waals surface area contributed by atoms with Crippen LogP contribution in [0.25, 0.3) is 0 Å². The Morgan fingerprint density at radius 2 is 2.43 bits per heavy atom. The van der Waals surface area contributed by atoms with Crippen LogP contribution >= 0.6 is 0 Å². The smallest absolute Gasteiger partial charge is 0.242 e. The van der Waals surface area contributed by atoms with Gasteiger partial charge in [-0.2, -0.15) is 0 Å². The van der Waals surface area contributed by atoms with Crippen molar-refractivity contribution in [3.8, 4) is 0 Å². The third kappa shape index (κ3) is 3.09. The van der Waals surface area contributed by atoms with Gasteiger partial charge in [-0.1, -0.05) is 6.92 Å². The summed E-state index contributed by atoms with van der Waals surface area (Å²) < 4.78 is 2.16. The van der Waals surface area contributed by atoms with Crippen molar-refractivity contribution in [1.29, 1.82) is 0 Å². The second-order valence-corrected chi connectivity index (χ2v) is 6.23. The van der Waals surface area contributed by atoms with Crippen molar-refractivity contribution in [2.45, 2.75) is 51.1 Å². The molecule has 1 aromatic heterocycles. The van der Waals surface area contributed by atoms with Crippen LogP contribution in [0.5, 0.6) is 0 Å². The molecule has 1 aromatic rings. The molecule has 0 bridgehead atoms. The molecular weight excluding hydrogens is 268 g/mol. The van der Waals surface area contributed by atoms with E-state index in [0.717, 1.165) is 31.6 Å². The van der Waals surface area contributed by atoms with Gasteiger partial charge in [0, 0.05) is 37.8 Å². The number of fused-ring (bicyclic) bond motifs is 1. The number of rotatable bonds is 3. The quantitative estimate of drug-likeness (QED) is 0.864. The molecule has 3 atom stereocenters. The van der Waals surface area contributed by atoms with Crippen LogP contribution in [0.2, 0.25) is 0 Å². The van der Waals surface area contributed by atoms with E-state index in [9.17, 15) is 9.59 Å². The van der Waals surface area contributed by atoms with Crippen LogP contribution in [0.15, 0.2) is 12.4 Å². The third-order valence-corrected chi connectivity index (χ3v) is 4.41. The van der Waals surface area contributed by atoms with Crippen molar-refractivity contribution in [2.24, 2.45) is 5.92 Å². The van der Waals surface area contributed by atoms with Gasteiger partial charge >= 0.3 is 0 Å². The van der Waals surface area contributed by atoms with E-state index in [4.69, 9.17) is 0 Å². The van der Waals surface area contributed by atoms with E-state index in [0.29, 0.717) is 13.0 Å². The van der Waals surface area contributed by atoms with Gasteiger partial charge < -0.3 is 15.2 Å². The summed E-state index contributed by atoms with van der Waals surface area (Å²) in [6.45, 7) is 3.61. The molecule has 6 nitrogen and oxygen atoms in total. The highest BCUT2D eigenvalue weighted by atomic mass is 16.2. The molecule has 21 heavy (non-hydrogen) atoms. The fraction of sp³-hybridized carbons (Fsp3) is 0.667. The maximum atomic E-state index is 12.2. The Morgan fingerprint density at radius 1 is 1.57 bits per heavy atom. The zero-order valence-corrected chi connectivity index (χ0v) is 12.3. The molecule has 2 aliphatic heterocycles. The first-order valence-corrected chi connectivity index (χ1v) is 7.71.